The van der Waals surface area contributed by atoms with Crippen LogP contribution in [0.4, 0.5) is 0 Å². The standard InChI is InChI=1S/C21H29N3O3/c1-22-21(24(2)12-13-26-19-9-5-4-6-10-19)23-17-18-8-7-11-20(16-18)27-15-14-25-3/h4-11,16H,12-15,17H2,1-3H3,(H,22,23). The number of hydrogen-bond acceptors (Lipinski definition) is 4. The largest absolute Gasteiger partial charge is 0.492 e. The van der Waals surface area contributed by atoms with Gasteiger partial charge in [0.2, 0.25) is 0 Å². The zero-order chi connectivity index (χ0) is 19.3. The highest BCUT2D eigenvalue weighted by Crippen LogP contribution is 2.13. The van der Waals surface area contributed by atoms with Gasteiger partial charge in [-0.1, -0.05) is 30.3 Å². The van der Waals surface area contributed by atoms with Gasteiger partial charge >= 0.3 is 0 Å². The van der Waals surface area contributed by atoms with Crippen LogP contribution in [0.15, 0.2) is 59.6 Å². The van der Waals surface area contributed by atoms with Crippen molar-refractivity contribution >= 4 is 5.96 Å². The van der Waals surface area contributed by atoms with Gasteiger partial charge in [0, 0.05) is 27.7 Å². The summed E-state index contributed by atoms with van der Waals surface area (Å²) in [6.45, 7) is 3.10. The van der Waals surface area contributed by atoms with Gasteiger partial charge in [-0.2, -0.15) is 0 Å². The Balaban J connectivity index is 1.78. The molecule has 6 heteroatoms. The number of ether oxygens (including phenoxy) is 3. The van der Waals surface area contributed by atoms with Gasteiger partial charge in [-0.05, 0) is 29.8 Å². The average Bonchev–Trinajstić information content (AvgIpc) is 2.70. The van der Waals surface area contributed by atoms with Crippen LogP contribution in [0.3, 0.4) is 0 Å². The number of rotatable bonds is 10. The van der Waals surface area contributed by atoms with Crippen molar-refractivity contribution in [1.29, 1.82) is 0 Å². The van der Waals surface area contributed by atoms with E-state index >= 15 is 0 Å². The summed E-state index contributed by atoms with van der Waals surface area (Å²) in [7, 11) is 5.44. The third-order valence-electron chi connectivity index (χ3n) is 3.92. The van der Waals surface area contributed by atoms with E-state index in [-0.39, 0.29) is 0 Å². The quantitative estimate of drug-likeness (QED) is 0.395. The number of nitrogens with zero attached hydrogens (tertiary/aromatic N) is 2. The number of para-hydroxylation sites is 1. The number of nitrogens with one attached hydrogen (secondary N) is 1. The number of methoxy groups -OCH3 is 1. The average molecular weight is 371 g/mol. The Kier molecular flexibility index (Phi) is 9.00. The molecule has 2 aromatic rings. The molecule has 1 N–H and O–H groups in total. The fourth-order valence-corrected chi connectivity index (χ4v) is 2.48. The van der Waals surface area contributed by atoms with Crippen molar-refractivity contribution in [2.45, 2.75) is 6.54 Å². The first-order valence-electron chi connectivity index (χ1n) is 9.03. The molecule has 2 aromatic carbocycles. The van der Waals surface area contributed by atoms with E-state index in [1.165, 1.54) is 0 Å². The maximum Gasteiger partial charge on any atom is 0.193 e. The van der Waals surface area contributed by atoms with E-state index in [4.69, 9.17) is 14.2 Å². The van der Waals surface area contributed by atoms with Gasteiger partial charge < -0.3 is 24.4 Å². The lowest BCUT2D eigenvalue weighted by Gasteiger charge is -2.22. The third kappa shape index (κ3) is 7.58. The highest BCUT2D eigenvalue weighted by atomic mass is 16.5. The molecule has 6 nitrogen and oxygen atoms in total. The van der Waals surface area contributed by atoms with E-state index in [1.54, 1.807) is 14.2 Å². The van der Waals surface area contributed by atoms with E-state index in [2.05, 4.69) is 16.4 Å². The molecule has 0 heterocycles. The third-order valence-corrected chi connectivity index (χ3v) is 3.92. The molecule has 0 radical (unpaired) electrons. The highest BCUT2D eigenvalue weighted by Gasteiger charge is 2.06. The minimum Gasteiger partial charge on any atom is -0.492 e. The minimum absolute atomic E-state index is 0.541. The van der Waals surface area contributed by atoms with Gasteiger partial charge in [0.25, 0.3) is 0 Å². The van der Waals surface area contributed by atoms with Crippen LogP contribution in [-0.2, 0) is 11.3 Å². The molecule has 146 valence electrons. The van der Waals surface area contributed by atoms with Gasteiger partial charge in [0.15, 0.2) is 5.96 Å². The molecular formula is C21H29N3O3. The van der Waals surface area contributed by atoms with Gasteiger partial charge in [0.1, 0.15) is 24.7 Å². The SMILES string of the molecule is CN=C(NCc1cccc(OCCOC)c1)N(C)CCOc1ccccc1. The van der Waals surface area contributed by atoms with E-state index < -0.39 is 0 Å². The molecule has 0 fully saturated rings. The van der Waals surface area contributed by atoms with Crippen molar-refractivity contribution < 1.29 is 14.2 Å². The molecule has 0 saturated carbocycles. The van der Waals surface area contributed by atoms with Gasteiger partial charge in [-0.25, -0.2) is 0 Å². The van der Waals surface area contributed by atoms with Crippen molar-refractivity contribution in [2.24, 2.45) is 4.99 Å². The summed E-state index contributed by atoms with van der Waals surface area (Å²) in [5.41, 5.74) is 1.13. The molecule has 0 aliphatic rings. The molecule has 0 bridgehead atoms. The summed E-state index contributed by atoms with van der Waals surface area (Å²) in [4.78, 5) is 6.38. The summed E-state index contributed by atoms with van der Waals surface area (Å²) in [5.74, 6) is 2.53. The summed E-state index contributed by atoms with van der Waals surface area (Å²) < 4.78 is 16.4. The predicted molar refractivity (Wildman–Crippen MR) is 109 cm³/mol. The number of hydrogen-bond donors (Lipinski definition) is 1. The van der Waals surface area contributed by atoms with Gasteiger partial charge in [-0.3, -0.25) is 4.99 Å². The first-order valence-corrected chi connectivity index (χ1v) is 9.03. The summed E-state index contributed by atoms with van der Waals surface area (Å²) in [6, 6.07) is 17.8. The lowest BCUT2D eigenvalue weighted by atomic mass is 10.2. The van der Waals surface area contributed by atoms with Crippen molar-refractivity contribution in [3.63, 3.8) is 0 Å². The van der Waals surface area contributed by atoms with Crippen LogP contribution < -0.4 is 14.8 Å². The minimum atomic E-state index is 0.541. The van der Waals surface area contributed by atoms with Crippen molar-refractivity contribution in [2.75, 3.05) is 47.6 Å². The van der Waals surface area contributed by atoms with Crippen LogP contribution in [0.1, 0.15) is 5.56 Å². The topological polar surface area (TPSA) is 55.3 Å². The smallest absolute Gasteiger partial charge is 0.193 e. The molecule has 27 heavy (non-hydrogen) atoms. The predicted octanol–water partition coefficient (Wildman–Crippen LogP) is 2.80. The van der Waals surface area contributed by atoms with Crippen LogP contribution in [-0.4, -0.2) is 58.4 Å². The Hall–Kier alpha value is -2.73. The Morgan fingerprint density at radius 2 is 1.70 bits per heavy atom. The fraction of sp³-hybridized carbons (Fsp3) is 0.381. The molecule has 0 amide bonds. The Labute approximate surface area is 161 Å². The lowest BCUT2D eigenvalue weighted by molar-refractivity contribution is 0.146. The fourth-order valence-electron chi connectivity index (χ4n) is 2.48. The molecule has 0 aliphatic heterocycles. The van der Waals surface area contributed by atoms with Crippen molar-refractivity contribution in [1.82, 2.24) is 10.2 Å². The molecule has 0 unspecified atom stereocenters. The molecule has 0 aromatic heterocycles. The molecule has 0 aliphatic carbocycles. The first kappa shape index (κ1) is 20.6. The molecule has 0 atom stereocenters. The summed E-state index contributed by atoms with van der Waals surface area (Å²) in [5, 5.41) is 3.37. The van der Waals surface area contributed by atoms with Gasteiger partial charge in [-0.15, -0.1) is 0 Å². The molecule has 0 spiro atoms. The van der Waals surface area contributed by atoms with E-state index in [9.17, 15) is 0 Å². The van der Waals surface area contributed by atoms with Gasteiger partial charge in [0.05, 0.1) is 13.2 Å². The summed E-state index contributed by atoms with van der Waals surface area (Å²) in [6.07, 6.45) is 0. The second kappa shape index (κ2) is 11.8. The van der Waals surface area contributed by atoms with Crippen molar-refractivity contribution in [3.05, 3.63) is 60.2 Å². The zero-order valence-electron chi connectivity index (χ0n) is 16.4. The Bertz CT molecular complexity index is 692. The molecular weight excluding hydrogens is 342 g/mol. The van der Waals surface area contributed by atoms with Crippen LogP contribution in [0.25, 0.3) is 0 Å². The molecule has 0 saturated heterocycles. The number of likely N-dealkylation sites (N-methyl/N-ethyl adjacent to an activating group) is 1. The second-order valence-corrected chi connectivity index (χ2v) is 5.97. The Morgan fingerprint density at radius 1 is 0.963 bits per heavy atom. The van der Waals surface area contributed by atoms with Crippen LogP contribution in [0, 0.1) is 0 Å². The van der Waals surface area contributed by atoms with E-state index in [0.717, 1.165) is 29.6 Å². The van der Waals surface area contributed by atoms with Crippen LogP contribution in [0.5, 0.6) is 11.5 Å². The summed E-state index contributed by atoms with van der Waals surface area (Å²) >= 11 is 0. The number of aliphatic imine (C=N–C) groups is 1. The maximum atomic E-state index is 5.75. The monoisotopic (exact) mass is 371 g/mol. The van der Waals surface area contributed by atoms with Crippen molar-refractivity contribution in [3.8, 4) is 11.5 Å². The van der Waals surface area contributed by atoms with E-state index in [1.807, 2.05) is 60.5 Å². The highest BCUT2D eigenvalue weighted by molar-refractivity contribution is 5.79. The first-order chi connectivity index (χ1) is 13.2. The number of guanidine groups is 1. The molecule has 2 rings (SSSR count). The zero-order valence-corrected chi connectivity index (χ0v) is 16.4. The number of benzene rings is 2. The van der Waals surface area contributed by atoms with E-state index in [0.29, 0.717) is 26.4 Å². The van der Waals surface area contributed by atoms with Crippen LogP contribution in [0.2, 0.25) is 0 Å². The Morgan fingerprint density at radius 3 is 2.44 bits per heavy atom. The maximum absolute atomic E-state index is 5.75. The normalized spacial score (nSPS) is 11.1. The lowest BCUT2D eigenvalue weighted by Crippen LogP contribution is -2.40. The second-order valence-electron chi connectivity index (χ2n) is 5.97. The van der Waals surface area contributed by atoms with Crippen LogP contribution >= 0.6 is 0 Å².